The van der Waals surface area contributed by atoms with E-state index >= 15 is 0 Å². The molecule has 1 aliphatic heterocycles. The first-order valence-electron chi connectivity index (χ1n) is 8.66. The first-order valence-corrected chi connectivity index (χ1v) is 8.66. The van der Waals surface area contributed by atoms with E-state index in [1.807, 2.05) is 6.08 Å². The second kappa shape index (κ2) is 11.5. The van der Waals surface area contributed by atoms with E-state index in [1.54, 1.807) is 0 Å². The average molecular weight is 442 g/mol. The van der Waals surface area contributed by atoms with E-state index in [4.69, 9.17) is 0 Å². The summed E-state index contributed by atoms with van der Waals surface area (Å²) in [6.45, 7) is 11.8. The minimum atomic E-state index is 0. The second-order valence-corrected chi connectivity index (χ2v) is 6.18. The van der Waals surface area contributed by atoms with Gasteiger partial charge in [0.2, 0.25) is 0 Å². The monoisotopic (exact) mass is 442 g/mol. The van der Waals surface area contributed by atoms with Crippen molar-refractivity contribution in [3.63, 3.8) is 0 Å². The molecular formula is C19H31IN4. The van der Waals surface area contributed by atoms with E-state index in [-0.39, 0.29) is 24.0 Å². The van der Waals surface area contributed by atoms with Crippen molar-refractivity contribution in [1.29, 1.82) is 0 Å². The van der Waals surface area contributed by atoms with E-state index in [0.717, 1.165) is 38.4 Å². The molecule has 0 aliphatic carbocycles. The fourth-order valence-electron chi connectivity index (χ4n) is 3.07. The van der Waals surface area contributed by atoms with Gasteiger partial charge < -0.3 is 10.6 Å². The standard InChI is InChI=1S/C19H30N4.HI/c1-4-12-21-19(20-5-2)22-18-11-13-23(16(3)14-18)15-17-9-7-6-8-10-17;/h4,6-10,16,18H,1,5,11-15H2,2-3H3,(H2,20,21,22);1H. The summed E-state index contributed by atoms with van der Waals surface area (Å²) in [6.07, 6.45) is 4.12. The number of rotatable bonds is 6. The van der Waals surface area contributed by atoms with Gasteiger partial charge in [-0.1, -0.05) is 36.4 Å². The largest absolute Gasteiger partial charge is 0.357 e. The Morgan fingerprint density at radius 3 is 2.75 bits per heavy atom. The molecule has 0 amide bonds. The van der Waals surface area contributed by atoms with E-state index in [1.165, 1.54) is 5.56 Å². The summed E-state index contributed by atoms with van der Waals surface area (Å²) in [7, 11) is 0. The zero-order valence-electron chi connectivity index (χ0n) is 14.9. The number of hydrogen-bond donors (Lipinski definition) is 2. The van der Waals surface area contributed by atoms with Crippen LogP contribution in [0, 0.1) is 0 Å². The number of piperidine rings is 1. The predicted octanol–water partition coefficient (Wildman–Crippen LogP) is 3.40. The minimum Gasteiger partial charge on any atom is -0.357 e. The minimum absolute atomic E-state index is 0. The van der Waals surface area contributed by atoms with Gasteiger partial charge in [-0.05, 0) is 32.3 Å². The van der Waals surface area contributed by atoms with Gasteiger partial charge in [0.25, 0.3) is 0 Å². The number of aliphatic imine (C=N–C) groups is 1. The Bertz CT molecular complexity index is 503. The molecule has 1 heterocycles. The van der Waals surface area contributed by atoms with Crippen LogP contribution in [0.25, 0.3) is 0 Å². The average Bonchev–Trinajstić information content (AvgIpc) is 2.56. The Morgan fingerprint density at radius 1 is 1.38 bits per heavy atom. The molecule has 4 nitrogen and oxygen atoms in total. The fraction of sp³-hybridized carbons (Fsp3) is 0.526. The molecule has 134 valence electrons. The Balaban J connectivity index is 0.00000288. The van der Waals surface area contributed by atoms with Crippen molar-refractivity contribution >= 4 is 29.9 Å². The normalized spacial score (nSPS) is 21.7. The van der Waals surface area contributed by atoms with Gasteiger partial charge >= 0.3 is 0 Å². The van der Waals surface area contributed by atoms with Gasteiger partial charge in [0, 0.05) is 31.7 Å². The van der Waals surface area contributed by atoms with Crippen molar-refractivity contribution in [2.45, 2.75) is 45.3 Å². The number of hydrogen-bond acceptors (Lipinski definition) is 2. The summed E-state index contributed by atoms with van der Waals surface area (Å²) >= 11 is 0. The SMILES string of the molecule is C=CCN=C(NCC)NC1CCN(Cc2ccccc2)C(C)C1.I. The molecule has 0 saturated carbocycles. The van der Waals surface area contributed by atoms with Gasteiger partial charge in [-0.3, -0.25) is 4.90 Å². The summed E-state index contributed by atoms with van der Waals surface area (Å²) < 4.78 is 0. The molecule has 2 N–H and O–H groups in total. The molecular weight excluding hydrogens is 411 g/mol. The highest BCUT2D eigenvalue weighted by Crippen LogP contribution is 2.19. The molecule has 1 fully saturated rings. The van der Waals surface area contributed by atoms with Crippen LogP contribution in [0.3, 0.4) is 0 Å². The van der Waals surface area contributed by atoms with Crippen molar-refractivity contribution in [3.05, 3.63) is 48.6 Å². The van der Waals surface area contributed by atoms with Gasteiger partial charge in [0.05, 0.1) is 6.54 Å². The van der Waals surface area contributed by atoms with Gasteiger partial charge in [0.1, 0.15) is 0 Å². The first-order chi connectivity index (χ1) is 11.2. The first kappa shape index (κ1) is 21.0. The number of benzene rings is 1. The Morgan fingerprint density at radius 2 is 2.12 bits per heavy atom. The lowest BCUT2D eigenvalue weighted by Gasteiger charge is -2.38. The molecule has 24 heavy (non-hydrogen) atoms. The van der Waals surface area contributed by atoms with Crippen LogP contribution in [0.1, 0.15) is 32.3 Å². The molecule has 2 atom stereocenters. The van der Waals surface area contributed by atoms with Gasteiger partial charge in [-0.15, -0.1) is 30.6 Å². The third-order valence-corrected chi connectivity index (χ3v) is 4.31. The van der Waals surface area contributed by atoms with Crippen LogP contribution in [-0.2, 0) is 6.54 Å². The van der Waals surface area contributed by atoms with Crippen molar-refractivity contribution in [2.24, 2.45) is 4.99 Å². The van der Waals surface area contributed by atoms with Crippen molar-refractivity contribution in [2.75, 3.05) is 19.6 Å². The zero-order chi connectivity index (χ0) is 16.5. The van der Waals surface area contributed by atoms with Gasteiger partial charge in [0.15, 0.2) is 5.96 Å². The lowest BCUT2D eigenvalue weighted by molar-refractivity contribution is 0.134. The number of guanidine groups is 1. The summed E-state index contributed by atoms with van der Waals surface area (Å²) in [6, 6.07) is 11.8. The van der Waals surface area contributed by atoms with Crippen LogP contribution in [0.2, 0.25) is 0 Å². The molecule has 1 aromatic carbocycles. The number of likely N-dealkylation sites (tertiary alicyclic amines) is 1. The summed E-state index contributed by atoms with van der Waals surface area (Å²) in [5.74, 6) is 0.904. The van der Waals surface area contributed by atoms with Crippen LogP contribution in [0.15, 0.2) is 48.0 Å². The Kier molecular flexibility index (Phi) is 10.0. The van der Waals surface area contributed by atoms with E-state index in [9.17, 15) is 0 Å². The summed E-state index contributed by atoms with van der Waals surface area (Å²) in [4.78, 5) is 7.07. The Hall–Kier alpha value is -1.08. The van der Waals surface area contributed by atoms with Crippen LogP contribution in [-0.4, -0.2) is 42.6 Å². The van der Waals surface area contributed by atoms with E-state index < -0.39 is 0 Å². The van der Waals surface area contributed by atoms with Crippen LogP contribution in [0.4, 0.5) is 0 Å². The molecule has 0 aromatic heterocycles. The van der Waals surface area contributed by atoms with Gasteiger partial charge in [-0.2, -0.15) is 0 Å². The molecule has 0 spiro atoms. The third-order valence-electron chi connectivity index (χ3n) is 4.31. The van der Waals surface area contributed by atoms with Crippen LogP contribution >= 0.6 is 24.0 Å². The highest BCUT2D eigenvalue weighted by molar-refractivity contribution is 14.0. The Labute approximate surface area is 163 Å². The quantitative estimate of drug-likeness (QED) is 0.307. The maximum atomic E-state index is 4.50. The zero-order valence-corrected chi connectivity index (χ0v) is 17.2. The molecule has 1 aromatic rings. The van der Waals surface area contributed by atoms with Crippen LogP contribution in [0.5, 0.6) is 0 Å². The third kappa shape index (κ3) is 6.81. The molecule has 1 aliphatic rings. The molecule has 1 saturated heterocycles. The van der Waals surface area contributed by atoms with Crippen molar-refractivity contribution in [1.82, 2.24) is 15.5 Å². The maximum absolute atomic E-state index is 4.50. The predicted molar refractivity (Wildman–Crippen MR) is 114 cm³/mol. The second-order valence-electron chi connectivity index (χ2n) is 6.18. The molecule has 2 rings (SSSR count). The molecule has 0 bridgehead atoms. The maximum Gasteiger partial charge on any atom is 0.191 e. The van der Waals surface area contributed by atoms with Crippen LogP contribution < -0.4 is 10.6 Å². The number of halogens is 1. The van der Waals surface area contributed by atoms with Gasteiger partial charge in [-0.25, -0.2) is 4.99 Å². The highest BCUT2D eigenvalue weighted by atomic mass is 127. The van der Waals surface area contributed by atoms with Crippen molar-refractivity contribution in [3.8, 4) is 0 Å². The number of nitrogens with zero attached hydrogens (tertiary/aromatic N) is 2. The highest BCUT2D eigenvalue weighted by Gasteiger charge is 2.25. The molecule has 5 heteroatoms. The number of nitrogens with one attached hydrogen (secondary N) is 2. The van der Waals surface area contributed by atoms with E-state index in [2.05, 4.69) is 71.3 Å². The van der Waals surface area contributed by atoms with Crippen molar-refractivity contribution < 1.29 is 0 Å². The lowest BCUT2D eigenvalue weighted by Crippen LogP contribution is -2.51. The topological polar surface area (TPSA) is 39.7 Å². The summed E-state index contributed by atoms with van der Waals surface area (Å²) in [5, 5.41) is 6.88. The fourth-order valence-corrected chi connectivity index (χ4v) is 3.07. The smallest absolute Gasteiger partial charge is 0.191 e. The van der Waals surface area contributed by atoms with E-state index in [0.29, 0.717) is 18.6 Å². The molecule has 2 unspecified atom stereocenters. The summed E-state index contributed by atoms with van der Waals surface area (Å²) in [5.41, 5.74) is 1.40. The molecule has 0 radical (unpaired) electrons. The lowest BCUT2D eigenvalue weighted by atomic mass is 9.97.